The highest BCUT2D eigenvalue weighted by molar-refractivity contribution is 6.08. The fourth-order valence-electron chi connectivity index (χ4n) is 3.14. The largest absolute Gasteiger partial charge is 0.437 e. The van der Waals surface area contributed by atoms with Crippen LogP contribution < -0.4 is 4.57 Å². The van der Waals surface area contributed by atoms with Gasteiger partial charge < -0.3 is 4.42 Å². The number of aromatic nitrogens is 2. The van der Waals surface area contributed by atoms with Crippen molar-refractivity contribution in [2.24, 2.45) is 7.05 Å². The monoisotopic (exact) mass is 306 g/mol. The molecule has 0 radical (unpaired) electrons. The van der Waals surface area contributed by atoms with E-state index in [1.54, 1.807) is 12.1 Å². The van der Waals surface area contributed by atoms with Crippen molar-refractivity contribution in [1.29, 1.82) is 0 Å². The predicted octanol–water partition coefficient (Wildman–Crippen LogP) is 4.40. The minimum Gasteiger partial charge on any atom is -0.437 e. The Morgan fingerprint density at radius 1 is 1.04 bits per heavy atom. The van der Waals surface area contributed by atoms with E-state index in [4.69, 9.17) is 8.53 Å². The molecule has 0 aliphatic carbocycles. The highest BCUT2D eigenvalue weighted by Crippen LogP contribution is 2.36. The van der Waals surface area contributed by atoms with Gasteiger partial charge >= 0.3 is 0 Å². The number of hydrogen-bond donors (Lipinski definition) is 0. The summed E-state index contributed by atoms with van der Waals surface area (Å²) in [5.74, 6) is 0. The maximum absolute atomic E-state index is 7.57. The van der Waals surface area contributed by atoms with Gasteiger partial charge in [0.15, 0.2) is 11.8 Å². The van der Waals surface area contributed by atoms with Crippen molar-refractivity contribution < 1.29 is 13.1 Å². The highest BCUT2D eigenvalue weighted by Gasteiger charge is 2.20. The molecule has 0 amide bonds. The van der Waals surface area contributed by atoms with E-state index in [2.05, 4.69) is 40.9 Å². The van der Waals surface area contributed by atoms with Crippen molar-refractivity contribution >= 4 is 22.1 Å². The molecule has 3 heterocycles. The summed E-state index contributed by atoms with van der Waals surface area (Å²) in [4.78, 5) is 4.25. The number of aryl methyl sites for hydroxylation is 4. The summed E-state index contributed by atoms with van der Waals surface area (Å²) < 4.78 is 30.8. The molecule has 0 aliphatic rings. The first kappa shape index (κ1) is 10.9. The molecule has 0 saturated heterocycles. The van der Waals surface area contributed by atoms with Crippen molar-refractivity contribution in [3.8, 4) is 11.3 Å². The van der Waals surface area contributed by atoms with Crippen LogP contribution in [0.1, 0.15) is 20.9 Å². The van der Waals surface area contributed by atoms with Gasteiger partial charge in [0.25, 0.3) is 0 Å². The highest BCUT2D eigenvalue weighted by atomic mass is 16.3. The summed E-state index contributed by atoms with van der Waals surface area (Å²) in [7, 11) is 2.01. The van der Waals surface area contributed by atoms with E-state index in [1.165, 1.54) is 5.56 Å². The number of fused-ring (bicyclic) bond motifs is 3. The summed E-state index contributed by atoms with van der Waals surface area (Å²) >= 11 is 0. The zero-order chi connectivity index (χ0) is 18.6. The fourth-order valence-corrected chi connectivity index (χ4v) is 3.14. The average Bonchev–Trinajstić information content (AvgIpc) is 2.92. The third-order valence-electron chi connectivity index (χ3n) is 4.25. The molecule has 0 unspecified atom stereocenters. The molecule has 4 rings (SSSR count). The topological polar surface area (TPSA) is 29.9 Å². The molecule has 1 aromatic carbocycles. The molecular formula is C20H19N2O+. The van der Waals surface area contributed by atoms with E-state index in [-0.39, 0.29) is 5.69 Å². The first-order valence-corrected chi connectivity index (χ1v) is 7.56. The zero-order valence-electron chi connectivity index (χ0n) is 16.3. The van der Waals surface area contributed by atoms with Crippen LogP contribution in [0.3, 0.4) is 0 Å². The molecule has 23 heavy (non-hydrogen) atoms. The molecule has 0 fully saturated rings. The van der Waals surface area contributed by atoms with Crippen molar-refractivity contribution in [3.05, 3.63) is 59.4 Å². The first-order valence-electron chi connectivity index (χ1n) is 9.06. The van der Waals surface area contributed by atoms with Gasteiger partial charge in [-0.1, -0.05) is 12.1 Å². The van der Waals surface area contributed by atoms with E-state index in [9.17, 15) is 0 Å². The Morgan fingerprint density at radius 3 is 2.65 bits per heavy atom. The Bertz CT molecular complexity index is 1160. The molecule has 3 heteroatoms. The second-order valence-electron chi connectivity index (χ2n) is 5.99. The fraction of sp³-hybridized carbons (Fsp3) is 0.200. The number of furan rings is 1. The van der Waals surface area contributed by atoms with Gasteiger partial charge in [-0.15, -0.1) is 0 Å². The second-order valence-corrected chi connectivity index (χ2v) is 5.99. The summed E-state index contributed by atoms with van der Waals surface area (Å²) in [6, 6.07) is 11.5. The van der Waals surface area contributed by atoms with E-state index in [1.807, 2.05) is 20.0 Å². The van der Waals surface area contributed by atoms with Crippen LogP contribution in [0.2, 0.25) is 0 Å². The molecule has 0 atom stereocenters. The number of pyridine rings is 2. The lowest BCUT2D eigenvalue weighted by atomic mass is 10.0. The summed E-state index contributed by atoms with van der Waals surface area (Å²) in [5.41, 5.74) is 5.43. The minimum absolute atomic E-state index is 0.0446. The van der Waals surface area contributed by atoms with Crippen molar-refractivity contribution in [1.82, 2.24) is 4.98 Å². The Morgan fingerprint density at radius 2 is 1.87 bits per heavy atom. The molecule has 0 bridgehead atoms. The molecule has 0 saturated carbocycles. The van der Waals surface area contributed by atoms with Crippen LogP contribution in [0.4, 0.5) is 0 Å². The molecule has 0 aliphatic heterocycles. The van der Waals surface area contributed by atoms with E-state index in [0.717, 1.165) is 33.2 Å². The Kier molecular flexibility index (Phi) is 2.34. The van der Waals surface area contributed by atoms with Gasteiger partial charge in [-0.25, -0.2) is 9.55 Å². The van der Waals surface area contributed by atoms with E-state index < -0.39 is 6.85 Å². The van der Waals surface area contributed by atoms with Crippen LogP contribution in [0.5, 0.6) is 0 Å². The number of hydrogen-bond acceptors (Lipinski definition) is 2. The third-order valence-corrected chi connectivity index (χ3v) is 4.25. The van der Waals surface area contributed by atoms with Crippen LogP contribution in [-0.4, -0.2) is 4.98 Å². The molecule has 4 aromatic rings. The summed E-state index contributed by atoms with van der Waals surface area (Å²) in [6.07, 6.45) is 2.07. The average molecular weight is 306 g/mol. The van der Waals surface area contributed by atoms with Gasteiger partial charge in [-0.2, -0.15) is 0 Å². The van der Waals surface area contributed by atoms with E-state index >= 15 is 0 Å². The maximum atomic E-state index is 7.57. The first-order chi connectivity index (χ1) is 12.3. The maximum Gasteiger partial charge on any atom is 0.227 e. The number of benzene rings is 1. The Labute approximate surface area is 139 Å². The van der Waals surface area contributed by atoms with Gasteiger partial charge in [0.1, 0.15) is 7.05 Å². The normalized spacial score (nSPS) is 14.0. The van der Waals surface area contributed by atoms with Gasteiger partial charge in [0.05, 0.1) is 5.56 Å². The van der Waals surface area contributed by atoms with Crippen molar-refractivity contribution in [2.45, 2.75) is 20.7 Å². The van der Waals surface area contributed by atoms with Gasteiger partial charge in [-0.3, -0.25) is 0 Å². The van der Waals surface area contributed by atoms with Crippen LogP contribution in [0, 0.1) is 20.7 Å². The molecule has 3 aromatic heterocycles. The van der Waals surface area contributed by atoms with Crippen LogP contribution in [0.25, 0.3) is 33.3 Å². The lowest BCUT2D eigenvalue weighted by Crippen LogP contribution is -2.31. The van der Waals surface area contributed by atoms with Crippen LogP contribution in [-0.2, 0) is 7.05 Å². The van der Waals surface area contributed by atoms with E-state index in [0.29, 0.717) is 5.71 Å². The van der Waals surface area contributed by atoms with Gasteiger partial charge in [0, 0.05) is 32.2 Å². The summed E-state index contributed by atoms with van der Waals surface area (Å²) in [6.45, 7) is 1.84. The SMILES string of the molecule is [2H]C([2H])([2H])c1ccc2c(n1)oc1c(-c3ccc(C)c[n+]3C)c(C)ccc12. The Hall–Kier alpha value is -2.68. The van der Waals surface area contributed by atoms with Gasteiger partial charge in [0.2, 0.25) is 11.4 Å². The summed E-state index contributed by atoms with van der Waals surface area (Å²) in [5, 5.41) is 1.76. The Balaban J connectivity index is 2.06. The zero-order valence-corrected chi connectivity index (χ0v) is 13.3. The number of rotatable bonds is 1. The minimum atomic E-state index is -2.25. The molecule has 0 spiro atoms. The van der Waals surface area contributed by atoms with Crippen molar-refractivity contribution in [3.63, 3.8) is 0 Å². The molecule has 3 nitrogen and oxygen atoms in total. The van der Waals surface area contributed by atoms with Crippen LogP contribution in [0.15, 0.2) is 47.0 Å². The lowest BCUT2D eigenvalue weighted by molar-refractivity contribution is -0.660. The third kappa shape index (κ3) is 2.12. The number of nitrogens with zero attached hydrogens (tertiary/aromatic N) is 2. The second kappa shape index (κ2) is 4.92. The molecule has 114 valence electrons. The van der Waals surface area contributed by atoms with Crippen LogP contribution >= 0.6 is 0 Å². The lowest BCUT2D eigenvalue weighted by Gasteiger charge is -2.05. The predicted molar refractivity (Wildman–Crippen MR) is 92.3 cm³/mol. The van der Waals surface area contributed by atoms with Gasteiger partial charge in [-0.05, 0) is 44.5 Å². The quantitative estimate of drug-likeness (QED) is 0.488. The smallest absolute Gasteiger partial charge is 0.227 e. The van der Waals surface area contributed by atoms with Crippen molar-refractivity contribution in [2.75, 3.05) is 0 Å². The molecule has 0 N–H and O–H groups in total. The molecular weight excluding hydrogens is 284 g/mol. The standard InChI is InChI=1S/C20H19N2O/c1-12-5-10-17(22(4)11-12)18-13(2)6-8-15-16-9-7-14(3)21-20(16)23-19(15)18/h5-11H,1-4H3/q+1/i3D3.